The Bertz CT molecular complexity index is 404. The second-order valence-corrected chi connectivity index (χ2v) is 5.97. The van der Waals surface area contributed by atoms with E-state index in [2.05, 4.69) is 12.2 Å². The lowest BCUT2D eigenvalue weighted by Gasteiger charge is -2.16. The maximum atomic E-state index is 10.0. The SMILES string of the molecule is CC1(CNCC(O)c2cc(Cl)ccc2Cl)CC1. The van der Waals surface area contributed by atoms with Gasteiger partial charge in [-0.25, -0.2) is 0 Å². The minimum absolute atomic E-state index is 0.442. The van der Waals surface area contributed by atoms with Crippen LogP contribution in [0.5, 0.6) is 0 Å². The van der Waals surface area contributed by atoms with Gasteiger partial charge in [-0.2, -0.15) is 0 Å². The van der Waals surface area contributed by atoms with E-state index in [0.717, 1.165) is 6.54 Å². The summed E-state index contributed by atoms with van der Waals surface area (Å²) < 4.78 is 0. The number of benzene rings is 1. The number of aliphatic hydroxyl groups is 1. The molecule has 0 radical (unpaired) electrons. The second kappa shape index (κ2) is 5.15. The van der Waals surface area contributed by atoms with Crippen LogP contribution >= 0.6 is 23.2 Å². The molecule has 0 amide bonds. The van der Waals surface area contributed by atoms with Crippen LogP contribution in [-0.4, -0.2) is 18.2 Å². The molecule has 0 aromatic heterocycles. The Balaban J connectivity index is 1.89. The third-order valence-electron chi connectivity index (χ3n) is 3.31. The van der Waals surface area contributed by atoms with Crippen LogP contribution in [0, 0.1) is 5.41 Å². The molecular formula is C13H17Cl2NO. The van der Waals surface area contributed by atoms with Crippen LogP contribution < -0.4 is 5.32 Å². The summed E-state index contributed by atoms with van der Waals surface area (Å²) in [5, 5.41) is 14.5. The number of hydrogen-bond donors (Lipinski definition) is 2. The molecule has 1 aromatic rings. The van der Waals surface area contributed by atoms with E-state index in [1.807, 2.05) is 0 Å². The van der Waals surface area contributed by atoms with Crippen molar-refractivity contribution in [3.8, 4) is 0 Å². The van der Waals surface area contributed by atoms with Gasteiger partial charge in [-0.15, -0.1) is 0 Å². The fraction of sp³-hybridized carbons (Fsp3) is 0.538. The van der Waals surface area contributed by atoms with Gasteiger partial charge in [-0.05, 0) is 36.5 Å². The molecule has 0 spiro atoms. The van der Waals surface area contributed by atoms with Crippen molar-refractivity contribution in [1.82, 2.24) is 5.32 Å². The molecule has 0 heterocycles. The Hall–Kier alpha value is -0.280. The lowest BCUT2D eigenvalue weighted by molar-refractivity contribution is 0.172. The highest BCUT2D eigenvalue weighted by molar-refractivity contribution is 6.33. The second-order valence-electron chi connectivity index (χ2n) is 5.12. The average Bonchev–Trinajstić information content (AvgIpc) is 3.00. The first-order chi connectivity index (χ1) is 8.00. The molecule has 1 unspecified atom stereocenters. The van der Waals surface area contributed by atoms with Crippen molar-refractivity contribution in [2.75, 3.05) is 13.1 Å². The highest BCUT2D eigenvalue weighted by Crippen LogP contribution is 2.44. The number of hydrogen-bond acceptors (Lipinski definition) is 2. The zero-order valence-corrected chi connectivity index (χ0v) is 11.4. The smallest absolute Gasteiger partial charge is 0.0929 e. The lowest BCUT2D eigenvalue weighted by Crippen LogP contribution is -2.27. The molecule has 94 valence electrons. The number of aliphatic hydroxyl groups excluding tert-OH is 1. The van der Waals surface area contributed by atoms with E-state index in [0.29, 0.717) is 27.6 Å². The van der Waals surface area contributed by atoms with E-state index < -0.39 is 6.10 Å². The van der Waals surface area contributed by atoms with Crippen molar-refractivity contribution in [2.24, 2.45) is 5.41 Å². The summed E-state index contributed by atoms with van der Waals surface area (Å²) in [5.74, 6) is 0. The Morgan fingerprint density at radius 2 is 2.12 bits per heavy atom. The maximum absolute atomic E-state index is 10.0. The van der Waals surface area contributed by atoms with E-state index in [1.54, 1.807) is 18.2 Å². The van der Waals surface area contributed by atoms with Crippen molar-refractivity contribution in [2.45, 2.75) is 25.9 Å². The largest absolute Gasteiger partial charge is 0.387 e. The normalized spacial score (nSPS) is 19.1. The molecule has 17 heavy (non-hydrogen) atoms. The van der Waals surface area contributed by atoms with Gasteiger partial charge in [0, 0.05) is 28.7 Å². The lowest BCUT2D eigenvalue weighted by atomic mass is 10.1. The molecule has 1 fully saturated rings. The summed E-state index contributed by atoms with van der Waals surface area (Å²) in [6, 6.07) is 5.15. The minimum atomic E-state index is -0.608. The summed E-state index contributed by atoms with van der Waals surface area (Å²) in [7, 11) is 0. The van der Waals surface area contributed by atoms with Crippen molar-refractivity contribution < 1.29 is 5.11 Å². The van der Waals surface area contributed by atoms with Crippen molar-refractivity contribution >= 4 is 23.2 Å². The van der Waals surface area contributed by atoms with Crippen LogP contribution in [0.4, 0.5) is 0 Å². The van der Waals surface area contributed by atoms with Gasteiger partial charge in [-0.3, -0.25) is 0 Å². The Kier molecular flexibility index (Phi) is 3.99. The minimum Gasteiger partial charge on any atom is -0.387 e. The molecule has 1 atom stereocenters. The van der Waals surface area contributed by atoms with Crippen molar-refractivity contribution in [3.05, 3.63) is 33.8 Å². The summed E-state index contributed by atoms with van der Waals surface area (Å²) in [6.07, 6.45) is 1.94. The molecule has 2 nitrogen and oxygen atoms in total. The monoisotopic (exact) mass is 273 g/mol. The highest BCUT2D eigenvalue weighted by atomic mass is 35.5. The first-order valence-corrected chi connectivity index (χ1v) is 6.59. The van der Waals surface area contributed by atoms with Gasteiger partial charge >= 0.3 is 0 Å². The molecule has 2 rings (SSSR count). The topological polar surface area (TPSA) is 32.3 Å². The molecule has 4 heteroatoms. The number of nitrogens with one attached hydrogen (secondary N) is 1. The molecule has 0 aliphatic heterocycles. The molecule has 0 bridgehead atoms. The molecular weight excluding hydrogens is 257 g/mol. The van der Waals surface area contributed by atoms with Gasteiger partial charge in [0.05, 0.1) is 6.10 Å². The summed E-state index contributed by atoms with van der Waals surface area (Å²) in [4.78, 5) is 0. The van der Waals surface area contributed by atoms with Gasteiger partial charge in [-0.1, -0.05) is 30.1 Å². The zero-order chi connectivity index (χ0) is 12.5. The predicted molar refractivity (Wildman–Crippen MR) is 71.6 cm³/mol. The van der Waals surface area contributed by atoms with Gasteiger partial charge in [0.15, 0.2) is 0 Å². The van der Waals surface area contributed by atoms with E-state index >= 15 is 0 Å². The van der Waals surface area contributed by atoms with Gasteiger partial charge in [0.2, 0.25) is 0 Å². The number of halogens is 2. The van der Waals surface area contributed by atoms with Crippen LogP contribution in [0.25, 0.3) is 0 Å². The highest BCUT2D eigenvalue weighted by Gasteiger charge is 2.36. The third-order valence-corrected chi connectivity index (χ3v) is 3.89. The van der Waals surface area contributed by atoms with Crippen LogP contribution in [0.3, 0.4) is 0 Å². The Labute approximate surface area is 112 Å². The molecule has 1 aliphatic rings. The van der Waals surface area contributed by atoms with Crippen LogP contribution in [0.2, 0.25) is 10.0 Å². The van der Waals surface area contributed by atoms with Crippen LogP contribution in [0.1, 0.15) is 31.4 Å². The van der Waals surface area contributed by atoms with Gasteiger partial charge in [0.25, 0.3) is 0 Å². The summed E-state index contributed by atoms with van der Waals surface area (Å²) in [6.45, 7) is 3.71. The molecule has 1 aliphatic carbocycles. The molecule has 1 saturated carbocycles. The predicted octanol–water partition coefficient (Wildman–Crippen LogP) is 3.42. The zero-order valence-electron chi connectivity index (χ0n) is 9.84. The first kappa shape index (κ1) is 13.2. The van der Waals surface area contributed by atoms with Gasteiger partial charge in [0.1, 0.15) is 0 Å². The molecule has 0 saturated heterocycles. The van der Waals surface area contributed by atoms with E-state index in [4.69, 9.17) is 23.2 Å². The number of rotatable bonds is 5. The summed E-state index contributed by atoms with van der Waals surface area (Å²) >= 11 is 11.9. The van der Waals surface area contributed by atoms with Gasteiger partial charge < -0.3 is 10.4 Å². The third kappa shape index (κ3) is 3.59. The van der Waals surface area contributed by atoms with Crippen LogP contribution in [-0.2, 0) is 0 Å². The standard InChI is InChI=1S/C13H17Cl2NO/c1-13(4-5-13)8-16-7-12(17)10-6-9(14)2-3-11(10)15/h2-3,6,12,16-17H,4-5,7-8H2,1H3. The van der Waals surface area contributed by atoms with Crippen molar-refractivity contribution in [3.63, 3.8) is 0 Å². The Morgan fingerprint density at radius 3 is 2.76 bits per heavy atom. The average molecular weight is 274 g/mol. The molecule has 2 N–H and O–H groups in total. The van der Waals surface area contributed by atoms with Crippen LogP contribution in [0.15, 0.2) is 18.2 Å². The summed E-state index contributed by atoms with van der Waals surface area (Å²) in [5.41, 5.74) is 1.13. The van der Waals surface area contributed by atoms with E-state index in [9.17, 15) is 5.11 Å². The molecule has 1 aromatic carbocycles. The van der Waals surface area contributed by atoms with E-state index in [-0.39, 0.29) is 0 Å². The Morgan fingerprint density at radius 1 is 1.41 bits per heavy atom. The quantitative estimate of drug-likeness (QED) is 0.862. The van der Waals surface area contributed by atoms with E-state index in [1.165, 1.54) is 12.8 Å². The van der Waals surface area contributed by atoms with Crippen molar-refractivity contribution in [1.29, 1.82) is 0 Å². The fourth-order valence-electron chi connectivity index (χ4n) is 1.78. The maximum Gasteiger partial charge on any atom is 0.0929 e. The fourth-order valence-corrected chi connectivity index (χ4v) is 2.20. The first-order valence-electron chi connectivity index (χ1n) is 5.84.